The lowest BCUT2D eigenvalue weighted by Crippen LogP contribution is -2.30. The minimum absolute atomic E-state index is 0.0147. The average molecular weight is 300 g/mol. The van der Waals surface area contributed by atoms with E-state index in [1.807, 2.05) is 12.1 Å². The van der Waals surface area contributed by atoms with Crippen LogP contribution in [0.4, 0.5) is 0 Å². The number of ether oxygens (including phenoxy) is 1. The Morgan fingerprint density at radius 2 is 1.91 bits per heavy atom. The third kappa shape index (κ3) is 2.93. The SMILES string of the molecule is CCCC(CC)c1ccc(OC(=O)C23CCC(CC2)C3)cc1. The number of hydrogen-bond donors (Lipinski definition) is 0. The molecular weight excluding hydrogens is 272 g/mol. The van der Waals surface area contributed by atoms with Crippen LogP contribution in [0.25, 0.3) is 0 Å². The predicted octanol–water partition coefficient (Wildman–Crippen LogP) is 5.47. The maximum absolute atomic E-state index is 12.5. The molecule has 2 fully saturated rings. The summed E-state index contributed by atoms with van der Waals surface area (Å²) in [5.74, 6) is 2.12. The molecule has 0 amide bonds. The highest BCUT2D eigenvalue weighted by molar-refractivity contribution is 5.80. The third-order valence-corrected chi connectivity index (χ3v) is 5.87. The van der Waals surface area contributed by atoms with Crippen molar-refractivity contribution in [3.8, 4) is 5.75 Å². The summed E-state index contributed by atoms with van der Waals surface area (Å²) in [6, 6.07) is 8.22. The zero-order chi connectivity index (χ0) is 15.6. The molecule has 0 N–H and O–H groups in total. The number of rotatable bonds is 6. The van der Waals surface area contributed by atoms with E-state index in [0.717, 1.165) is 31.6 Å². The van der Waals surface area contributed by atoms with E-state index in [1.54, 1.807) is 0 Å². The second kappa shape index (κ2) is 6.44. The van der Waals surface area contributed by atoms with Gasteiger partial charge in [0.15, 0.2) is 0 Å². The molecule has 3 rings (SSSR count). The molecule has 2 aliphatic carbocycles. The second-order valence-corrected chi connectivity index (χ2v) is 7.28. The van der Waals surface area contributed by atoms with Crippen LogP contribution < -0.4 is 4.74 Å². The van der Waals surface area contributed by atoms with Gasteiger partial charge in [-0.2, -0.15) is 0 Å². The molecule has 1 aromatic rings. The normalized spacial score (nSPS) is 27.8. The Balaban J connectivity index is 1.65. The molecule has 0 radical (unpaired) electrons. The van der Waals surface area contributed by atoms with Crippen molar-refractivity contribution in [2.24, 2.45) is 11.3 Å². The molecule has 120 valence electrons. The van der Waals surface area contributed by atoms with Crippen LogP contribution in [0.1, 0.15) is 76.7 Å². The molecule has 0 spiro atoms. The number of carbonyl (C=O) groups is 1. The summed E-state index contributed by atoms with van der Waals surface area (Å²) in [6.07, 6.45) is 9.13. The number of hydrogen-bond acceptors (Lipinski definition) is 2. The lowest BCUT2D eigenvalue weighted by Gasteiger charge is -2.24. The van der Waals surface area contributed by atoms with Crippen molar-refractivity contribution in [2.45, 2.75) is 71.1 Å². The van der Waals surface area contributed by atoms with Crippen molar-refractivity contribution in [3.05, 3.63) is 29.8 Å². The van der Waals surface area contributed by atoms with Gasteiger partial charge in [0.05, 0.1) is 5.41 Å². The Hall–Kier alpha value is -1.31. The largest absolute Gasteiger partial charge is 0.426 e. The van der Waals surface area contributed by atoms with Crippen molar-refractivity contribution in [1.29, 1.82) is 0 Å². The van der Waals surface area contributed by atoms with Gasteiger partial charge in [-0.1, -0.05) is 32.4 Å². The van der Waals surface area contributed by atoms with Gasteiger partial charge in [0.25, 0.3) is 0 Å². The average Bonchev–Trinajstić information content (AvgIpc) is 3.16. The third-order valence-electron chi connectivity index (χ3n) is 5.87. The van der Waals surface area contributed by atoms with E-state index in [0.29, 0.717) is 11.7 Å². The van der Waals surface area contributed by atoms with Crippen LogP contribution in [-0.4, -0.2) is 5.97 Å². The molecule has 0 aromatic heterocycles. The van der Waals surface area contributed by atoms with Crippen LogP contribution in [0.3, 0.4) is 0 Å². The van der Waals surface area contributed by atoms with Crippen LogP contribution in [0.2, 0.25) is 0 Å². The Morgan fingerprint density at radius 3 is 2.41 bits per heavy atom. The molecular formula is C20H28O2. The fourth-order valence-corrected chi connectivity index (χ4v) is 4.46. The molecule has 1 aromatic carbocycles. The fourth-order valence-electron chi connectivity index (χ4n) is 4.46. The molecule has 2 nitrogen and oxygen atoms in total. The minimum atomic E-state index is -0.155. The zero-order valence-electron chi connectivity index (χ0n) is 13.9. The minimum Gasteiger partial charge on any atom is -0.426 e. The smallest absolute Gasteiger partial charge is 0.317 e. The van der Waals surface area contributed by atoms with E-state index in [2.05, 4.69) is 26.0 Å². The summed E-state index contributed by atoms with van der Waals surface area (Å²) in [5.41, 5.74) is 1.21. The number of fused-ring (bicyclic) bond motifs is 2. The van der Waals surface area contributed by atoms with Crippen molar-refractivity contribution in [1.82, 2.24) is 0 Å². The summed E-state index contributed by atoms with van der Waals surface area (Å²) >= 11 is 0. The van der Waals surface area contributed by atoms with Crippen molar-refractivity contribution >= 4 is 5.97 Å². The highest BCUT2D eigenvalue weighted by Gasteiger charge is 2.51. The van der Waals surface area contributed by atoms with Gasteiger partial charge in [-0.25, -0.2) is 0 Å². The molecule has 1 atom stereocenters. The first-order valence-corrected chi connectivity index (χ1v) is 8.99. The lowest BCUT2D eigenvalue weighted by atomic mass is 9.84. The van der Waals surface area contributed by atoms with Crippen molar-refractivity contribution in [3.63, 3.8) is 0 Å². The summed E-state index contributed by atoms with van der Waals surface area (Å²) in [5, 5.41) is 0. The molecule has 22 heavy (non-hydrogen) atoms. The summed E-state index contributed by atoms with van der Waals surface area (Å²) < 4.78 is 5.71. The van der Waals surface area contributed by atoms with Gasteiger partial charge < -0.3 is 4.74 Å². The molecule has 0 saturated heterocycles. The summed E-state index contributed by atoms with van der Waals surface area (Å²) in [7, 11) is 0. The van der Waals surface area contributed by atoms with Gasteiger partial charge in [-0.3, -0.25) is 4.79 Å². The maximum Gasteiger partial charge on any atom is 0.317 e. The standard InChI is InChI=1S/C20H28O2/c1-3-5-16(4-2)17-6-8-18(9-7-17)22-19(21)20-12-10-15(14-20)11-13-20/h6-9,15-16H,3-5,10-14H2,1-2H3. The monoisotopic (exact) mass is 300 g/mol. The predicted molar refractivity (Wildman–Crippen MR) is 89.0 cm³/mol. The van der Waals surface area contributed by atoms with Crippen molar-refractivity contribution < 1.29 is 9.53 Å². The van der Waals surface area contributed by atoms with E-state index in [1.165, 1.54) is 31.2 Å². The van der Waals surface area contributed by atoms with Crippen LogP contribution in [0.5, 0.6) is 5.75 Å². The van der Waals surface area contributed by atoms with E-state index >= 15 is 0 Å². The highest BCUT2D eigenvalue weighted by atomic mass is 16.5. The fraction of sp³-hybridized carbons (Fsp3) is 0.650. The second-order valence-electron chi connectivity index (χ2n) is 7.28. The molecule has 0 heterocycles. The summed E-state index contributed by atoms with van der Waals surface area (Å²) in [4.78, 5) is 12.5. The van der Waals surface area contributed by atoms with Crippen LogP contribution in [-0.2, 0) is 4.79 Å². The van der Waals surface area contributed by atoms with Gasteiger partial charge in [0.2, 0.25) is 0 Å². The van der Waals surface area contributed by atoms with Crippen molar-refractivity contribution in [2.75, 3.05) is 0 Å². The lowest BCUT2D eigenvalue weighted by molar-refractivity contribution is -0.145. The van der Waals surface area contributed by atoms with Crippen LogP contribution >= 0.6 is 0 Å². The zero-order valence-corrected chi connectivity index (χ0v) is 13.9. The van der Waals surface area contributed by atoms with E-state index < -0.39 is 0 Å². The van der Waals surface area contributed by atoms with Gasteiger partial charge in [0, 0.05) is 0 Å². The molecule has 2 saturated carbocycles. The quantitative estimate of drug-likeness (QED) is 0.514. The molecule has 2 bridgehead atoms. The topological polar surface area (TPSA) is 26.3 Å². The number of carbonyl (C=O) groups excluding carboxylic acids is 1. The van der Waals surface area contributed by atoms with E-state index in [-0.39, 0.29) is 11.4 Å². The molecule has 0 aliphatic heterocycles. The first-order valence-electron chi connectivity index (χ1n) is 8.99. The Morgan fingerprint density at radius 1 is 1.23 bits per heavy atom. The van der Waals surface area contributed by atoms with Crippen LogP contribution in [0.15, 0.2) is 24.3 Å². The summed E-state index contributed by atoms with van der Waals surface area (Å²) in [6.45, 7) is 4.47. The van der Waals surface area contributed by atoms with E-state index in [4.69, 9.17) is 4.74 Å². The first-order chi connectivity index (χ1) is 10.7. The first kappa shape index (κ1) is 15.6. The van der Waals surface area contributed by atoms with Gasteiger partial charge in [-0.05, 0) is 74.5 Å². The Bertz CT molecular complexity index is 509. The molecule has 1 unspecified atom stereocenters. The van der Waals surface area contributed by atoms with Gasteiger partial charge in [-0.15, -0.1) is 0 Å². The number of benzene rings is 1. The Labute approximate surface area is 134 Å². The van der Waals surface area contributed by atoms with Gasteiger partial charge in [0.1, 0.15) is 5.75 Å². The molecule has 2 heteroatoms. The molecule has 2 aliphatic rings. The highest BCUT2D eigenvalue weighted by Crippen LogP contribution is 2.54. The van der Waals surface area contributed by atoms with Crippen LogP contribution in [0, 0.1) is 11.3 Å². The van der Waals surface area contributed by atoms with Gasteiger partial charge >= 0.3 is 5.97 Å². The Kier molecular flexibility index (Phi) is 4.56. The van der Waals surface area contributed by atoms with E-state index in [9.17, 15) is 4.79 Å². The number of esters is 1. The maximum atomic E-state index is 12.5.